The van der Waals surface area contributed by atoms with Crippen molar-refractivity contribution in [2.45, 2.75) is 33.2 Å². The summed E-state index contributed by atoms with van der Waals surface area (Å²) in [6.07, 6.45) is 0. The quantitative estimate of drug-likeness (QED) is 0.830. The molecule has 0 aliphatic carbocycles. The standard InChI is InChI=1S/C13H17NO3S/c1-8(15)11(9(2)16)13(3,4)14-12(17)10-6-5-7-18-10/h5-7,11H,1-4H3,(H,14,17). The van der Waals surface area contributed by atoms with E-state index in [9.17, 15) is 14.4 Å². The van der Waals surface area contributed by atoms with Gasteiger partial charge in [0.1, 0.15) is 11.6 Å². The van der Waals surface area contributed by atoms with Crippen LogP contribution in [0, 0.1) is 5.92 Å². The first-order valence-electron chi connectivity index (χ1n) is 5.62. The highest BCUT2D eigenvalue weighted by atomic mass is 32.1. The molecular formula is C13H17NO3S. The van der Waals surface area contributed by atoms with Crippen molar-refractivity contribution in [3.8, 4) is 0 Å². The molecule has 4 nitrogen and oxygen atoms in total. The molecular weight excluding hydrogens is 250 g/mol. The van der Waals surface area contributed by atoms with Crippen LogP contribution < -0.4 is 5.32 Å². The van der Waals surface area contributed by atoms with Gasteiger partial charge in [0.15, 0.2) is 0 Å². The second kappa shape index (κ2) is 5.44. The molecule has 1 aromatic rings. The third-order valence-electron chi connectivity index (χ3n) is 2.72. The summed E-state index contributed by atoms with van der Waals surface area (Å²) in [4.78, 5) is 35.6. The van der Waals surface area contributed by atoms with Crippen LogP contribution in [0.4, 0.5) is 0 Å². The molecule has 98 valence electrons. The predicted octanol–water partition coefficient (Wildman–Crippen LogP) is 2.05. The van der Waals surface area contributed by atoms with Crippen molar-refractivity contribution in [3.05, 3.63) is 22.4 Å². The summed E-state index contributed by atoms with van der Waals surface area (Å²) in [5.41, 5.74) is -0.890. The summed E-state index contributed by atoms with van der Waals surface area (Å²) >= 11 is 1.32. The summed E-state index contributed by atoms with van der Waals surface area (Å²) in [7, 11) is 0. The Morgan fingerprint density at radius 1 is 1.22 bits per heavy atom. The van der Waals surface area contributed by atoms with Crippen LogP contribution in [-0.4, -0.2) is 23.0 Å². The summed E-state index contributed by atoms with van der Waals surface area (Å²) in [6, 6.07) is 3.48. The largest absolute Gasteiger partial charge is 0.345 e. The number of hydrogen-bond acceptors (Lipinski definition) is 4. The average molecular weight is 267 g/mol. The SMILES string of the molecule is CC(=O)C(C(C)=O)C(C)(C)NC(=O)c1cccs1. The fourth-order valence-electron chi connectivity index (χ4n) is 2.14. The van der Waals surface area contributed by atoms with Crippen LogP contribution in [0.3, 0.4) is 0 Å². The molecule has 5 heteroatoms. The van der Waals surface area contributed by atoms with Crippen molar-refractivity contribution >= 4 is 28.8 Å². The number of rotatable bonds is 5. The van der Waals surface area contributed by atoms with E-state index in [2.05, 4.69) is 5.32 Å². The van der Waals surface area contributed by atoms with Gasteiger partial charge in [-0.05, 0) is 39.1 Å². The Kier molecular flexibility index (Phi) is 4.40. The van der Waals surface area contributed by atoms with Crippen molar-refractivity contribution in [2.75, 3.05) is 0 Å². The summed E-state index contributed by atoms with van der Waals surface area (Å²) in [6.45, 7) is 6.11. The van der Waals surface area contributed by atoms with E-state index in [1.54, 1.807) is 31.4 Å². The van der Waals surface area contributed by atoms with Gasteiger partial charge in [-0.2, -0.15) is 0 Å². The van der Waals surface area contributed by atoms with E-state index >= 15 is 0 Å². The second-order valence-corrected chi connectivity index (χ2v) is 5.76. The van der Waals surface area contributed by atoms with Crippen LogP contribution in [0.5, 0.6) is 0 Å². The van der Waals surface area contributed by atoms with Crippen molar-refractivity contribution in [1.29, 1.82) is 0 Å². The van der Waals surface area contributed by atoms with Crippen LogP contribution in [0.1, 0.15) is 37.4 Å². The van der Waals surface area contributed by atoms with Crippen molar-refractivity contribution in [3.63, 3.8) is 0 Å². The van der Waals surface area contributed by atoms with Gasteiger partial charge in [0.05, 0.1) is 16.3 Å². The van der Waals surface area contributed by atoms with Crippen LogP contribution in [0.2, 0.25) is 0 Å². The van der Waals surface area contributed by atoms with Gasteiger partial charge in [-0.15, -0.1) is 11.3 Å². The van der Waals surface area contributed by atoms with Gasteiger partial charge in [0.25, 0.3) is 5.91 Å². The molecule has 0 bridgehead atoms. The second-order valence-electron chi connectivity index (χ2n) is 4.81. The highest BCUT2D eigenvalue weighted by Crippen LogP contribution is 2.20. The molecule has 0 atom stereocenters. The van der Waals surface area contributed by atoms with Gasteiger partial charge in [0.2, 0.25) is 0 Å². The van der Waals surface area contributed by atoms with Crippen LogP contribution in [-0.2, 0) is 9.59 Å². The molecule has 18 heavy (non-hydrogen) atoms. The number of thiophene rings is 1. The lowest BCUT2D eigenvalue weighted by Crippen LogP contribution is -2.53. The van der Waals surface area contributed by atoms with Crippen LogP contribution in [0.15, 0.2) is 17.5 Å². The van der Waals surface area contributed by atoms with Gasteiger partial charge >= 0.3 is 0 Å². The fourth-order valence-corrected chi connectivity index (χ4v) is 2.76. The first-order valence-corrected chi connectivity index (χ1v) is 6.50. The Bertz CT molecular complexity index is 449. The Hall–Kier alpha value is -1.49. The van der Waals surface area contributed by atoms with Gasteiger partial charge in [-0.25, -0.2) is 0 Å². The lowest BCUT2D eigenvalue weighted by Gasteiger charge is -2.31. The van der Waals surface area contributed by atoms with E-state index in [1.807, 2.05) is 0 Å². The zero-order valence-electron chi connectivity index (χ0n) is 10.9. The molecule has 0 saturated carbocycles. The van der Waals surface area contributed by atoms with Gasteiger partial charge in [-0.1, -0.05) is 6.07 Å². The molecule has 1 amide bonds. The average Bonchev–Trinajstić information content (AvgIpc) is 2.66. The van der Waals surface area contributed by atoms with E-state index < -0.39 is 11.5 Å². The monoisotopic (exact) mass is 267 g/mol. The number of nitrogens with one attached hydrogen (secondary N) is 1. The topological polar surface area (TPSA) is 63.2 Å². The van der Waals surface area contributed by atoms with E-state index in [4.69, 9.17) is 0 Å². The molecule has 0 aromatic carbocycles. The van der Waals surface area contributed by atoms with Gasteiger partial charge in [-0.3, -0.25) is 14.4 Å². The molecule has 0 radical (unpaired) electrons. The van der Waals surface area contributed by atoms with Gasteiger partial charge in [0, 0.05) is 0 Å². The van der Waals surface area contributed by atoms with E-state index in [0.29, 0.717) is 4.88 Å². The molecule has 0 saturated heterocycles. The Labute approximate surface area is 110 Å². The third-order valence-corrected chi connectivity index (χ3v) is 3.58. The Morgan fingerprint density at radius 3 is 2.17 bits per heavy atom. The maximum Gasteiger partial charge on any atom is 0.261 e. The van der Waals surface area contributed by atoms with E-state index in [1.165, 1.54) is 25.2 Å². The molecule has 0 spiro atoms. The van der Waals surface area contributed by atoms with E-state index in [-0.39, 0.29) is 17.5 Å². The van der Waals surface area contributed by atoms with Gasteiger partial charge < -0.3 is 5.32 Å². The highest BCUT2D eigenvalue weighted by Gasteiger charge is 2.37. The minimum Gasteiger partial charge on any atom is -0.345 e. The zero-order valence-corrected chi connectivity index (χ0v) is 11.8. The highest BCUT2D eigenvalue weighted by molar-refractivity contribution is 7.12. The van der Waals surface area contributed by atoms with Crippen molar-refractivity contribution in [2.24, 2.45) is 5.92 Å². The third kappa shape index (κ3) is 3.26. The lowest BCUT2D eigenvalue weighted by molar-refractivity contribution is -0.133. The fraction of sp³-hybridized carbons (Fsp3) is 0.462. The minimum atomic E-state index is -0.890. The maximum absolute atomic E-state index is 11.9. The molecule has 1 rings (SSSR count). The number of hydrogen-bond donors (Lipinski definition) is 1. The van der Waals surface area contributed by atoms with Crippen molar-refractivity contribution < 1.29 is 14.4 Å². The predicted molar refractivity (Wildman–Crippen MR) is 70.7 cm³/mol. The van der Waals surface area contributed by atoms with Crippen molar-refractivity contribution in [1.82, 2.24) is 5.32 Å². The van der Waals surface area contributed by atoms with Crippen LogP contribution >= 0.6 is 11.3 Å². The molecule has 1 N–H and O–H groups in total. The summed E-state index contributed by atoms with van der Waals surface area (Å²) in [5, 5.41) is 4.55. The molecule has 0 unspecified atom stereocenters. The molecule has 0 fully saturated rings. The molecule has 0 aliphatic heterocycles. The minimum absolute atomic E-state index is 0.237. The number of carbonyl (C=O) groups excluding carboxylic acids is 3. The number of amides is 1. The number of Topliss-reactive ketones (excluding diaryl/α,β-unsaturated/α-hetero) is 2. The maximum atomic E-state index is 11.9. The Morgan fingerprint density at radius 2 is 1.78 bits per heavy atom. The first kappa shape index (κ1) is 14.6. The van der Waals surface area contributed by atoms with E-state index in [0.717, 1.165) is 0 Å². The normalized spacial score (nSPS) is 11.4. The molecule has 1 heterocycles. The molecule has 1 aromatic heterocycles. The number of ketones is 2. The summed E-state index contributed by atoms with van der Waals surface area (Å²) in [5.74, 6) is -1.55. The smallest absolute Gasteiger partial charge is 0.261 e. The Balaban J connectivity index is 2.89. The number of carbonyl (C=O) groups is 3. The zero-order chi connectivity index (χ0) is 13.9. The van der Waals surface area contributed by atoms with Crippen LogP contribution in [0.25, 0.3) is 0 Å². The lowest BCUT2D eigenvalue weighted by atomic mass is 9.81. The molecule has 0 aliphatic rings. The summed E-state index contributed by atoms with van der Waals surface area (Å²) < 4.78 is 0. The first-order chi connectivity index (χ1) is 8.25.